The van der Waals surface area contributed by atoms with Crippen LogP contribution in [-0.4, -0.2) is 9.97 Å². The maximum absolute atomic E-state index is 5.56. The Morgan fingerprint density at radius 2 is 2.00 bits per heavy atom. The molecule has 0 saturated heterocycles. The molecule has 114 valence electrons. The largest absolute Gasteiger partial charge is 0.362 e. The Balaban J connectivity index is 2.36. The number of thiophene rings is 1. The van der Waals surface area contributed by atoms with Crippen LogP contribution < -0.4 is 16.6 Å². The predicted molar refractivity (Wildman–Crippen MR) is 89.5 cm³/mol. The van der Waals surface area contributed by atoms with Gasteiger partial charge in [-0.3, -0.25) is 0 Å². The minimum absolute atomic E-state index is 0.230. The molecular formula is C15H23N5S. The number of hydrogen-bond donors (Lipinski definition) is 3. The van der Waals surface area contributed by atoms with Gasteiger partial charge in [0.2, 0.25) is 0 Å². The lowest BCUT2D eigenvalue weighted by Crippen LogP contribution is -2.20. The quantitative estimate of drug-likeness (QED) is 0.562. The monoisotopic (exact) mass is 305 g/mol. The highest BCUT2D eigenvalue weighted by molar-refractivity contribution is 7.10. The summed E-state index contributed by atoms with van der Waals surface area (Å²) >= 11 is 1.76. The number of aromatic nitrogens is 2. The van der Waals surface area contributed by atoms with E-state index in [1.807, 2.05) is 13.8 Å². The summed E-state index contributed by atoms with van der Waals surface area (Å²) in [5.41, 5.74) is 3.60. The van der Waals surface area contributed by atoms with Crippen molar-refractivity contribution in [2.45, 2.75) is 40.2 Å². The van der Waals surface area contributed by atoms with Crippen LogP contribution in [0, 0.1) is 12.8 Å². The van der Waals surface area contributed by atoms with Crippen LogP contribution in [0.2, 0.25) is 0 Å². The number of nitrogens with one attached hydrogen (secondary N) is 2. The van der Waals surface area contributed by atoms with E-state index in [2.05, 4.69) is 52.1 Å². The average Bonchev–Trinajstić information content (AvgIpc) is 2.99. The molecule has 1 unspecified atom stereocenters. The molecule has 4 N–H and O–H groups in total. The third kappa shape index (κ3) is 3.51. The topological polar surface area (TPSA) is 75.9 Å². The number of nitrogens with zero attached hydrogens (tertiary/aromatic N) is 2. The molecule has 2 rings (SSSR count). The van der Waals surface area contributed by atoms with E-state index in [0.29, 0.717) is 11.7 Å². The highest BCUT2D eigenvalue weighted by Gasteiger charge is 2.19. The van der Waals surface area contributed by atoms with E-state index in [4.69, 9.17) is 5.84 Å². The second kappa shape index (κ2) is 6.87. The number of hydrogen-bond acceptors (Lipinski definition) is 6. The number of rotatable bonds is 6. The lowest BCUT2D eigenvalue weighted by molar-refractivity contribution is 0.551. The first-order valence-electron chi connectivity index (χ1n) is 7.20. The first-order valence-corrected chi connectivity index (χ1v) is 8.08. The van der Waals surface area contributed by atoms with Crippen molar-refractivity contribution in [3.05, 3.63) is 33.8 Å². The maximum Gasteiger partial charge on any atom is 0.148 e. The van der Waals surface area contributed by atoms with Crippen LogP contribution in [0.4, 0.5) is 11.6 Å². The van der Waals surface area contributed by atoms with E-state index >= 15 is 0 Å². The third-order valence-electron chi connectivity index (χ3n) is 3.45. The van der Waals surface area contributed by atoms with Crippen LogP contribution >= 0.6 is 11.3 Å². The fourth-order valence-electron chi connectivity index (χ4n) is 2.18. The van der Waals surface area contributed by atoms with E-state index in [0.717, 1.165) is 23.6 Å². The van der Waals surface area contributed by atoms with Gasteiger partial charge in [-0.05, 0) is 24.3 Å². The van der Waals surface area contributed by atoms with Crippen LogP contribution in [0.1, 0.15) is 43.1 Å². The van der Waals surface area contributed by atoms with Gasteiger partial charge in [-0.2, -0.15) is 0 Å². The summed E-state index contributed by atoms with van der Waals surface area (Å²) in [6, 6.07) is 4.46. The van der Waals surface area contributed by atoms with E-state index in [1.54, 1.807) is 11.3 Å². The molecule has 6 heteroatoms. The Morgan fingerprint density at radius 1 is 1.29 bits per heavy atom. The summed E-state index contributed by atoms with van der Waals surface area (Å²) in [4.78, 5) is 10.3. The molecule has 21 heavy (non-hydrogen) atoms. The molecular weight excluding hydrogens is 282 g/mol. The lowest BCUT2D eigenvalue weighted by Gasteiger charge is -2.23. The predicted octanol–water partition coefficient (Wildman–Crippen LogP) is 3.50. The van der Waals surface area contributed by atoms with E-state index in [9.17, 15) is 0 Å². The van der Waals surface area contributed by atoms with Crippen molar-refractivity contribution < 1.29 is 0 Å². The van der Waals surface area contributed by atoms with Crippen molar-refractivity contribution in [2.75, 3.05) is 10.7 Å². The van der Waals surface area contributed by atoms with Crippen molar-refractivity contribution >= 4 is 23.0 Å². The number of nitrogens with two attached hydrogens (primary N) is 1. The lowest BCUT2D eigenvalue weighted by atomic mass is 10.0. The molecule has 0 aliphatic rings. The molecule has 2 heterocycles. The molecule has 5 nitrogen and oxygen atoms in total. The average molecular weight is 305 g/mol. The first kappa shape index (κ1) is 15.7. The molecule has 0 spiro atoms. The van der Waals surface area contributed by atoms with Gasteiger partial charge < -0.3 is 10.7 Å². The fraction of sp³-hybridized carbons (Fsp3) is 0.467. The highest BCUT2D eigenvalue weighted by Crippen LogP contribution is 2.31. The maximum atomic E-state index is 5.56. The van der Waals surface area contributed by atoms with Gasteiger partial charge in [-0.15, -0.1) is 11.3 Å². The van der Waals surface area contributed by atoms with Crippen molar-refractivity contribution in [3.8, 4) is 0 Å². The number of aryl methyl sites for hydroxylation is 1. The molecule has 0 bridgehead atoms. The first-order chi connectivity index (χ1) is 10.1. The zero-order valence-corrected chi connectivity index (χ0v) is 13.8. The zero-order valence-electron chi connectivity index (χ0n) is 13.0. The zero-order chi connectivity index (χ0) is 15.4. The van der Waals surface area contributed by atoms with Gasteiger partial charge in [0.05, 0.1) is 6.04 Å². The summed E-state index contributed by atoms with van der Waals surface area (Å²) in [5, 5.41) is 5.66. The Hall–Kier alpha value is -1.66. The Kier molecular flexibility index (Phi) is 5.14. The molecule has 0 radical (unpaired) electrons. The van der Waals surface area contributed by atoms with Crippen molar-refractivity contribution in [1.82, 2.24) is 9.97 Å². The summed E-state index contributed by atoms with van der Waals surface area (Å²) < 4.78 is 0. The Labute approximate surface area is 130 Å². The van der Waals surface area contributed by atoms with Gasteiger partial charge in [0, 0.05) is 16.9 Å². The molecule has 2 aromatic rings. The SMILES string of the molecule is CCc1nc(NN)c(C)c(NC(c2cccs2)C(C)C)n1. The highest BCUT2D eigenvalue weighted by atomic mass is 32.1. The minimum atomic E-state index is 0.230. The van der Waals surface area contributed by atoms with Gasteiger partial charge in [-0.25, -0.2) is 15.8 Å². The third-order valence-corrected chi connectivity index (χ3v) is 4.41. The standard InChI is InChI=1S/C15H23N5S/c1-5-12-17-14(10(4)15(18-12)20-16)19-13(9(2)3)11-7-6-8-21-11/h6-9,13H,5,16H2,1-4H3,(H2,17,18,19,20). The van der Waals surface area contributed by atoms with Gasteiger partial charge in [0.15, 0.2) is 0 Å². The summed E-state index contributed by atoms with van der Waals surface area (Å²) in [6.07, 6.45) is 0.773. The van der Waals surface area contributed by atoms with Crippen LogP contribution in [0.5, 0.6) is 0 Å². The van der Waals surface area contributed by atoms with Crippen LogP contribution in [0.25, 0.3) is 0 Å². The van der Waals surface area contributed by atoms with Gasteiger partial charge >= 0.3 is 0 Å². The second-order valence-corrected chi connectivity index (χ2v) is 6.32. The molecule has 0 amide bonds. The summed E-state index contributed by atoms with van der Waals surface area (Å²) in [5.74, 6) is 8.33. The van der Waals surface area contributed by atoms with Gasteiger partial charge in [-0.1, -0.05) is 26.8 Å². The van der Waals surface area contributed by atoms with Crippen LogP contribution in [0.3, 0.4) is 0 Å². The molecule has 0 fully saturated rings. The molecule has 0 aliphatic heterocycles. The molecule has 0 aliphatic carbocycles. The molecule has 1 atom stereocenters. The van der Waals surface area contributed by atoms with Gasteiger partial charge in [0.1, 0.15) is 17.5 Å². The Morgan fingerprint density at radius 3 is 2.52 bits per heavy atom. The second-order valence-electron chi connectivity index (χ2n) is 5.34. The number of anilines is 2. The van der Waals surface area contributed by atoms with Crippen molar-refractivity contribution in [1.29, 1.82) is 0 Å². The normalized spacial score (nSPS) is 12.5. The molecule has 0 saturated carbocycles. The number of nitrogen functional groups attached to an aromatic ring is 1. The smallest absolute Gasteiger partial charge is 0.148 e. The van der Waals surface area contributed by atoms with Crippen LogP contribution in [0.15, 0.2) is 17.5 Å². The summed E-state index contributed by atoms with van der Waals surface area (Å²) in [6.45, 7) is 8.42. The fourth-order valence-corrected chi connectivity index (χ4v) is 3.13. The van der Waals surface area contributed by atoms with Crippen molar-refractivity contribution in [3.63, 3.8) is 0 Å². The summed E-state index contributed by atoms with van der Waals surface area (Å²) in [7, 11) is 0. The minimum Gasteiger partial charge on any atom is -0.362 e. The van der Waals surface area contributed by atoms with Crippen molar-refractivity contribution in [2.24, 2.45) is 11.8 Å². The van der Waals surface area contributed by atoms with E-state index in [1.165, 1.54) is 4.88 Å². The molecule has 2 aromatic heterocycles. The van der Waals surface area contributed by atoms with E-state index < -0.39 is 0 Å². The van der Waals surface area contributed by atoms with E-state index in [-0.39, 0.29) is 6.04 Å². The van der Waals surface area contributed by atoms with Crippen LogP contribution in [-0.2, 0) is 6.42 Å². The molecule has 0 aromatic carbocycles. The number of hydrazine groups is 1. The van der Waals surface area contributed by atoms with Gasteiger partial charge in [0.25, 0.3) is 0 Å². The Bertz CT molecular complexity index is 580.